The molecule has 0 amide bonds. The molecule has 1 aliphatic heterocycles. The Kier molecular flexibility index (Phi) is 6.03. The van der Waals surface area contributed by atoms with Crippen molar-refractivity contribution in [3.63, 3.8) is 0 Å². The number of hydrogen-bond acceptors (Lipinski definition) is 10. The van der Waals surface area contributed by atoms with E-state index in [1.54, 1.807) is 6.92 Å². The van der Waals surface area contributed by atoms with Crippen LogP contribution in [0.15, 0.2) is 23.8 Å². The van der Waals surface area contributed by atoms with E-state index in [9.17, 15) is 34.8 Å². The number of fused-ring (bicyclic) bond motifs is 3. The first-order valence-corrected chi connectivity index (χ1v) is 11.6. The Morgan fingerprint density at radius 1 is 1.11 bits per heavy atom. The van der Waals surface area contributed by atoms with Gasteiger partial charge in [-0.05, 0) is 19.1 Å². The van der Waals surface area contributed by atoms with Crippen LogP contribution in [0.1, 0.15) is 68.8 Å². The Hall–Kier alpha value is -3.77. The number of ether oxygens (including phenoxy) is 3. The third-order valence-electron chi connectivity index (χ3n) is 7.08. The molecule has 2 aromatic rings. The van der Waals surface area contributed by atoms with Crippen molar-refractivity contribution < 1.29 is 49.0 Å². The zero-order valence-corrected chi connectivity index (χ0v) is 19.9. The fourth-order valence-corrected chi connectivity index (χ4v) is 5.22. The second kappa shape index (κ2) is 8.96. The van der Waals surface area contributed by atoms with E-state index in [2.05, 4.69) is 0 Å². The molecule has 1 saturated heterocycles. The standard InChI is InChI=1S/C26H25NO10/c1-9-21(28)13(27)8-16(36-9)37-15-7-10(26(33)34)6-12-18(15)25(32)20-19(23(12)30)22(29)11-4-3-5-14(35-2)17(11)24(20)31/h3-6,9,13,15-16,21,28,30,32H,7-8,27H2,1-2H3,(H,33,34)/t9?,13?,15?,16-,21?/m1/s1. The van der Waals surface area contributed by atoms with Gasteiger partial charge in [0, 0.05) is 41.1 Å². The number of methoxy groups -OCH3 is 1. The average Bonchev–Trinajstić information content (AvgIpc) is 2.86. The van der Waals surface area contributed by atoms with E-state index in [1.807, 2.05) is 0 Å². The van der Waals surface area contributed by atoms with Crippen molar-refractivity contribution in [3.8, 4) is 17.2 Å². The van der Waals surface area contributed by atoms with Gasteiger partial charge in [-0.25, -0.2) is 4.79 Å². The third kappa shape index (κ3) is 3.78. The van der Waals surface area contributed by atoms with Crippen LogP contribution in [0.3, 0.4) is 0 Å². The first kappa shape index (κ1) is 24.9. The number of phenols is 2. The van der Waals surface area contributed by atoms with E-state index in [4.69, 9.17) is 19.9 Å². The number of aromatic hydroxyl groups is 2. The van der Waals surface area contributed by atoms with E-state index >= 15 is 0 Å². The zero-order valence-electron chi connectivity index (χ0n) is 19.9. The van der Waals surface area contributed by atoms with E-state index in [0.717, 1.165) is 6.08 Å². The van der Waals surface area contributed by atoms with Gasteiger partial charge in [-0.1, -0.05) is 12.1 Å². The summed E-state index contributed by atoms with van der Waals surface area (Å²) in [6, 6.07) is 3.74. The van der Waals surface area contributed by atoms with E-state index in [1.165, 1.54) is 25.3 Å². The molecule has 2 aromatic carbocycles. The number of aliphatic hydroxyl groups excluding tert-OH is 1. The smallest absolute Gasteiger partial charge is 0.331 e. The molecule has 0 aromatic heterocycles. The van der Waals surface area contributed by atoms with Gasteiger partial charge in [-0.3, -0.25) is 9.59 Å². The maximum atomic E-state index is 13.6. The summed E-state index contributed by atoms with van der Waals surface area (Å²) >= 11 is 0. The molecular weight excluding hydrogens is 486 g/mol. The molecule has 0 bridgehead atoms. The lowest BCUT2D eigenvalue weighted by Gasteiger charge is -2.38. The van der Waals surface area contributed by atoms with Crippen LogP contribution in [0, 0.1) is 0 Å². The van der Waals surface area contributed by atoms with Crippen LogP contribution >= 0.6 is 0 Å². The van der Waals surface area contributed by atoms with Crippen LogP contribution in [0.5, 0.6) is 17.2 Å². The van der Waals surface area contributed by atoms with Crippen LogP contribution < -0.4 is 10.5 Å². The summed E-state index contributed by atoms with van der Waals surface area (Å²) in [6.07, 6.45) is -2.79. The molecule has 11 heteroatoms. The molecule has 0 radical (unpaired) electrons. The molecule has 5 rings (SSSR count). The summed E-state index contributed by atoms with van der Waals surface area (Å²) in [6.45, 7) is 1.60. The quantitative estimate of drug-likeness (QED) is 0.321. The molecular formula is C26H25NO10. The number of benzene rings is 2. The predicted octanol–water partition coefficient (Wildman–Crippen LogP) is 1.63. The topological polar surface area (TPSA) is 186 Å². The van der Waals surface area contributed by atoms with Gasteiger partial charge in [-0.2, -0.15) is 0 Å². The Balaban J connectivity index is 1.68. The van der Waals surface area contributed by atoms with Crippen molar-refractivity contribution in [2.75, 3.05) is 7.11 Å². The second-order valence-electron chi connectivity index (χ2n) is 9.28. The summed E-state index contributed by atoms with van der Waals surface area (Å²) in [5.74, 6) is -3.90. The lowest BCUT2D eigenvalue weighted by atomic mass is 9.77. The predicted molar refractivity (Wildman–Crippen MR) is 127 cm³/mol. The van der Waals surface area contributed by atoms with Crippen LogP contribution in [0.4, 0.5) is 0 Å². The Morgan fingerprint density at radius 2 is 1.81 bits per heavy atom. The number of aliphatic hydroxyl groups is 1. The molecule has 3 aliphatic rings. The number of carbonyl (C=O) groups is 3. The van der Waals surface area contributed by atoms with Crippen molar-refractivity contribution in [2.24, 2.45) is 5.73 Å². The number of carboxylic acid groups (broad SMARTS) is 1. The van der Waals surface area contributed by atoms with Gasteiger partial charge in [0.05, 0.1) is 42.1 Å². The molecule has 4 unspecified atom stereocenters. The van der Waals surface area contributed by atoms with Crippen molar-refractivity contribution >= 4 is 23.6 Å². The Morgan fingerprint density at radius 3 is 2.46 bits per heavy atom. The van der Waals surface area contributed by atoms with Crippen LogP contribution in [0.25, 0.3) is 6.08 Å². The molecule has 0 spiro atoms. The van der Waals surface area contributed by atoms with Crippen molar-refractivity contribution in [1.29, 1.82) is 0 Å². The highest BCUT2D eigenvalue weighted by Gasteiger charge is 2.43. The highest BCUT2D eigenvalue weighted by Crippen LogP contribution is 2.51. The fourth-order valence-electron chi connectivity index (χ4n) is 5.22. The number of aliphatic carboxylic acids is 1. The SMILES string of the molecule is COc1cccc2c1C(=O)c1c(O)c3c(c(O)c1C2=O)C=C(C(=O)O)CC3O[C@@H]1CC(N)C(O)C(C)O1. The Labute approximate surface area is 210 Å². The number of phenolic OH excluding ortho intramolecular Hbond substituents is 2. The summed E-state index contributed by atoms with van der Waals surface area (Å²) in [5, 5.41) is 42.3. The number of hydrogen-bond donors (Lipinski definition) is 5. The van der Waals surface area contributed by atoms with Crippen molar-refractivity contribution in [3.05, 3.63) is 57.2 Å². The van der Waals surface area contributed by atoms with Gasteiger partial charge in [0.25, 0.3) is 0 Å². The minimum atomic E-state index is -1.29. The molecule has 0 saturated carbocycles. The van der Waals surface area contributed by atoms with E-state index in [-0.39, 0.29) is 46.4 Å². The first-order valence-electron chi connectivity index (χ1n) is 11.6. The normalized spacial score (nSPS) is 26.6. The largest absolute Gasteiger partial charge is 0.507 e. The summed E-state index contributed by atoms with van der Waals surface area (Å²) < 4.78 is 17.0. The second-order valence-corrected chi connectivity index (χ2v) is 9.28. The van der Waals surface area contributed by atoms with Gasteiger partial charge in [0.2, 0.25) is 5.78 Å². The van der Waals surface area contributed by atoms with E-state index < -0.39 is 70.8 Å². The summed E-state index contributed by atoms with van der Waals surface area (Å²) in [4.78, 5) is 38.9. The van der Waals surface area contributed by atoms with E-state index in [0.29, 0.717) is 0 Å². The lowest BCUT2D eigenvalue weighted by Crippen LogP contribution is -2.51. The summed E-state index contributed by atoms with van der Waals surface area (Å²) in [5.41, 5.74) is 4.69. The number of nitrogens with two attached hydrogens (primary N) is 1. The molecule has 194 valence electrons. The maximum Gasteiger partial charge on any atom is 0.331 e. The number of rotatable bonds is 4. The van der Waals surface area contributed by atoms with Crippen LogP contribution in [0.2, 0.25) is 0 Å². The number of carboxylic acids is 1. The monoisotopic (exact) mass is 511 g/mol. The van der Waals surface area contributed by atoms with Gasteiger partial charge in [0.1, 0.15) is 17.2 Å². The fraction of sp³-hybridized carbons (Fsp3) is 0.346. The van der Waals surface area contributed by atoms with Crippen LogP contribution in [-0.2, 0) is 14.3 Å². The Bertz CT molecular complexity index is 1370. The minimum absolute atomic E-state index is 0.0188. The lowest BCUT2D eigenvalue weighted by molar-refractivity contribution is -0.240. The molecule has 37 heavy (non-hydrogen) atoms. The molecule has 2 aliphatic carbocycles. The van der Waals surface area contributed by atoms with Crippen molar-refractivity contribution in [2.45, 2.75) is 50.4 Å². The molecule has 1 heterocycles. The molecule has 6 N–H and O–H groups in total. The van der Waals surface area contributed by atoms with Gasteiger partial charge >= 0.3 is 5.97 Å². The van der Waals surface area contributed by atoms with Gasteiger partial charge in [-0.15, -0.1) is 0 Å². The highest BCUT2D eigenvalue weighted by molar-refractivity contribution is 6.31. The number of carbonyl (C=O) groups excluding carboxylic acids is 2. The maximum absolute atomic E-state index is 13.6. The number of ketones is 2. The minimum Gasteiger partial charge on any atom is -0.507 e. The highest BCUT2D eigenvalue weighted by atomic mass is 16.7. The van der Waals surface area contributed by atoms with Gasteiger partial charge in [0.15, 0.2) is 12.1 Å². The molecule has 5 atom stereocenters. The van der Waals surface area contributed by atoms with Crippen molar-refractivity contribution in [1.82, 2.24) is 0 Å². The van der Waals surface area contributed by atoms with Gasteiger partial charge < -0.3 is 40.4 Å². The summed E-state index contributed by atoms with van der Waals surface area (Å²) in [7, 11) is 1.34. The van der Waals surface area contributed by atoms with Crippen LogP contribution in [-0.4, -0.2) is 69.6 Å². The zero-order chi connectivity index (χ0) is 26.8. The average molecular weight is 511 g/mol. The molecule has 11 nitrogen and oxygen atoms in total. The molecule has 1 fully saturated rings. The first-order chi connectivity index (χ1) is 17.5. The third-order valence-corrected chi connectivity index (χ3v) is 7.08.